The van der Waals surface area contributed by atoms with Gasteiger partial charge in [-0.05, 0) is 0 Å². The van der Waals surface area contributed by atoms with Gasteiger partial charge in [0.25, 0.3) is 23.5 Å². The highest BCUT2D eigenvalue weighted by atomic mass is 35.5. The fraction of sp³-hybridized carbons (Fsp3) is 0.231. The first-order chi connectivity index (χ1) is 11.1. The number of imide groups is 2. The Morgan fingerprint density at radius 2 is 1.33 bits per heavy atom. The van der Waals surface area contributed by atoms with E-state index in [2.05, 4.69) is 0 Å². The van der Waals surface area contributed by atoms with Crippen molar-refractivity contribution in [2.45, 2.75) is 18.6 Å². The van der Waals surface area contributed by atoms with Crippen LogP contribution in [0.1, 0.15) is 33.6 Å². The minimum absolute atomic E-state index is 0.0872. The summed E-state index contributed by atoms with van der Waals surface area (Å²) in [5.41, 5.74) is -0.884. The summed E-state index contributed by atoms with van der Waals surface area (Å²) in [7, 11) is 0. The first kappa shape index (κ1) is 17.4. The lowest BCUT2D eigenvalue weighted by Gasteiger charge is -2.34. The number of fused-ring (bicyclic) bond motifs is 1. The SMILES string of the molecule is O=C1CCC(F)(N2C(=O)c3c(Cl)c(Cl)c(Cl)c(Cl)c3C2=O)C(=O)N1. The molecule has 0 spiro atoms. The predicted octanol–water partition coefficient (Wildman–Crippen LogP) is 3.00. The van der Waals surface area contributed by atoms with E-state index >= 15 is 4.39 Å². The van der Waals surface area contributed by atoms with Crippen LogP contribution in [0.15, 0.2) is 0 Å². The quantitative estimate of drug-likeness (QED) is 0.332. The lowest BCUT2D eigenvalue weighted by molar-refractivity contribution is -0.151. The third kappa shape index (κ3) is 2.15. The second kappa shape index (κ2) is 5.56. The Labute approximate surface area is 153 Å². The lowest BCUT2D eigenvalue weighted by Crippen LogP contribution is -2.61. The zero-order chi connectivity index (χ0) is 18.0. The Hall–Kier alpha value is -1.41. The summed E-state index contributed by atoms with van der Waals surface area (Å²) in [6, 6.07) is 0. The molecule has 11 heteroatoms. The van der Waals surface area contributed by atoms with Crippen molar-refractivity contribution in [2.75, 3.05) is 0 Å². The van der Waals surface area contributed by atoms with Gasteiger partial charge in [-0.15, -0.1) is 0 Å². The molecular weight excluding hydrogens is 409 g/mol. The zero-order valence-corrected chi connectivity index (χ0v) is 14.4. The molecule has 3 rings (SSSR count). The first-order valence-electron chi connectivity index (χ1n) is 6.39. The molecule has 1 aromatic rings. The van der Waals surface area contributed by atoms with E-state index in [-0.39, 0.29) is 25.0 Å². The van der Waals surface area contributed by atoms with Gasteiger partial charge in [0.15, 0.2) is 0 Å². The Kier molecular flexibility index (Phi) is 4.03. The van der Waals surface area contributed by atoms with Crippen LogP contribution >= 0.6 is 46.4 Å². The van der Waals surface area contributed by atoms with Gasteiger partial charge in [0.05, 0.1) is 31.2 Å². The van der Waals surface area contributed by atoms with Crippen LogP contribution in [0, 0.1) is 0 Å². The highest BCUT2D eigenvalue weighted by molar-refractivity contribution is 6.55. The molecule has 0 saturated carbocycles. The maximum Gasteiger partial charge on any atom is 0.285 e. The number of carbonyl (C=O) groups excluding carboxylic acids is 4. The van der Waals surface area contributed by atoms with E-state index in [0.717, 1.165) is 0 Å². The van der Waals surface area contributed by atoms with Gasteiger partial charge in [-0.25, -0.2) is 9.29 Å². The Morgan fingerprint density at radius 3 is 1.75 bits per heavy atom. The molecule has 1 unspecified atom stereocenters. The third-order valence-corrected chi connectivity index (χ3v) is 5.54. The van der Waals surface area contributed by atoms with E-state index in [1.54, 1.807) is 5.32 Å². The van der Waals surface area contributed by atoms with Gasteiger partial charge in [-0.1, -0.05) is 46.4 Å². The summed E-state index contributed by atoms with van der Waals surface area (Å²) in [5, 5.41) is 0.442. The molecule has 0 bridgehead atoms. The maximum atomic E-state index is 15.1. The van der Waals surface area contributed by atoms with Gasteiger partial charge < -0.3 is 0 Å². The Morgan fingerprint density at radius 1 is 0.875 bits per heavy atom. The average molecular weight is 414 g/mol. The Balaban J connectivity index is 2.18. The van der Waals surface area contributed by atoms with Crippen LogP contribution in [0.4, 0.5) is 4.39 Å². The number of hydrogen-bond acceptors (Lipinski definition) is 4. The molecule has 1 fully saturated rings. The molecule has 2 aliphatic rings. The van der Waals surface area contributed by atoms with Gasteiger partial charge in [0, 0.05) is 12.8 Å². The molecule has 1 atom stereocenters. The minimum atomic E-state index is -3.05. The normalized spacial score (nSPS) is 23.6. The Bertz CT molecular complexity index is 812. The molecule has 1 N–H and O–H groups in total. The molecule has 0 radical (unpaired) electrons. The number of rotatable bonds is 1. The molecule has 0 aliphatic carbocycles. The van der Waals surface area contributed by atoms with Crippen molar-refractivity contribution in [2.24, 2.45) is 0 Å². The maximum absolute atomic E-state index is 15.1. The van der Waals surface area contributed by atoms with E-state index in [0.29, 0.717) is 0 Å². The number of nitrogens with one attached hydrogen (secondary N) is 1. The van der Waals surface area contributed by atoms with Crippen molar-refractivity contribution in [3.8, 4) is 0 Å². The van der Waals surface area contributed by atoms with Crippen molar-refractivity contribution in [3.63, 3.8) is 0 Å². The summed E-state index contributed by atoms with van der Waals surface area (Å²) in [6.45, 7) is 0. The van der Waals surface area contributed by atoms with Crippen molar-refractivity contribution in [1.82, 2.24) is 10.2 Å². The van der Waals surface area contributed by atoms with Crippen LogP contribution in [-0.2, 0) is 9.59 Å². The minimum Gasteiger partial charge on any atom is -0.292 e. The van der Waals surface area contributed by atoms with Crippen LogP contribution in [0.3, 0.4) is 0 Å². The molecule has 1 aromatic carbocycles. The van der Waals surface area contributed by atoms with E-state index < -0.39 is 53.4 Å². The number of alkyl halides is 1. The van der Waals surface area contributed by atoms with Crippen LogP contribution < -0.4 is 5.32 Å². The van der Waals surface area contributed by atoms with E-state index in [9.17, 15) is 19.2 Å². The van der Waals surface area contributed by atoms with Gasteiger partial charge in [0.2, 0.25) is 5.91 Å². The smallest absolute Gasteiger partial charge is 0.285 e. The second-order valence-corrected chi connectivity index (χ2v) is 6.60. The number of amides is 4. The molecule has 2 aliphatic heterocycles. The van der Waals surface area contributed by atoms with E-state index in [1.165, 1.54) is 0 Å². The van der Waals surface area contributed by atoms with Gasteiger partial charge in [-0.2, -0.15) is 0 Å². The summed E-state index contributed by atoms with van der Waals surface area (Å²) in [5.74, 6) is -7.56. The topological polar surface area (TPSA) is 83.6 Å². The number of halogens is 5. The van der Waals surface area contributed by atoms with Crippen molar-refractivity contribution < 1.29 is 23.6 Å². The first-order valence-corrected chi connectivity index (χ1v) is 7.90. The third-order valence-electron chi connectivity index (χ3n) is 3.74. The number of carbonyl (C=O) groups is 4. The lowest BCUT2D eigenvalue weighted by atomic mass is 10.0. The van der Waals surface area contributed by atoms with Crippen molar-refractivity contribution >= 4 is 70.0 Å². The van der Waals surface area contributed by atoms with Crippen molar-refractivity contribution in [1.29, 1.82) is 0 Å². The van der Waals surface area contributed by atoms with Gasteiger partial charge >= 0.3 is 0 Å². The van der Waals surface area contributed by atoms with E-state index in [4.69, 9.17) is 46.4 Å². The standard InChI is InChI=1S/C13H5Cl4FN2O4/c14-6-4-5(7(15)9(17)8(6)16)11(23)20(10(4)22)13(18)2-1-3(21)19-12(13)24/h1-2H2,(H,19,21,24). The summed E-state index contributed by atoms with van der Waals surface area (Å²) < 4.78 is 15.1. The molecule has 2 heterocycles. The van der Waals surface area contributed by atoms with E-state index in [1.807, 2.05) is 0 Å². The average Bonchev–Trinajstić information content (AvgIpc) is 2.79. The van der Waals surface area contributed by atoms with Gasteiger partial charge in [-0.3, -0.25) is 24.5 Å². The number of hydrogen-bond donors (Lipinski definition) is 1. The van der Waals surface area contributed by atoms with Crippen LogP contribution in [-0.4, -0.2) is 34.3 Å². The highest BCUT2D eigenvalue weighted by Gasteiger charge is 2.58. The number of benzene rings is 1. The summed E-state index contributed by atoms with van der Waals surface area (Å²) >= 11 is 23.6. The summed E-state index contributed by atoms with van der Waals surface area (Å²) in [4.78, 5) is 48.2. The molecule has 6 nitrogen and oxygen atoms in total. The number of piperidine rings is 1. The van der Waals surface area contributed by atoms with Crippen LogP contribution in [0.2, 0.25) is 20.1 Å². The zero-order valence-electron chi connectivity index (χ0n) is 11.4. The van der Waals surface area contributed by atoms with Gasteiger partial charge in [0.1, 0.15) is 0 Å². The molecule has 4 amide bonds. The summed E-state index contributed by atoms with van der Waals surface area (Å²) in [6.07, 6.45) is -1.07. The molecule has 0 aromatic heterocycles. The molecular formula is C13H5Cl4FN2O4. The second-order valence-electron chi connectivity index (χ2n) is 5.09. The molecule has 24 heavy (non-hydrogen) atoms. The fourth-order valence-corrected chi connectivity index (χ4v) is 3.58. The largest absolute Gasteiger partial charge is 0.292 e. The molecule has 1 saturated heterocycles. The van der Waals surface area contributed by atoms with Crippen LogP contribution in [0.25, 0.3) is 0 Å². The van der Waals surface area contributed by atoms with Crippen molar-refractivity contribution in [3.05, 3.63) is 31.2 Å². The monoisotopic (exact) mass is 412 g/mol. The number of nitrogens with zero attached hydrogens (tertiary/aromatic N) is 1. The highest BCUT2D eigenvalue weighted by Crippen LogP contribution is 2.47. The fourth-order valence-electron chi connectivity index (χ4n) is 2.56. The molecule has 126 valence electrons. The predicted molar refractivity (Wildman–Crippen MR) is 83.2 cm³/mol. The van der Waals surface area contributed by atoms with Crippen LogP contribution in [0.5, 0.6) is 0 Å².